The predicted octanol–water partition coefficient (Wildman–Crippen LogP) is 4.57. The van der Waals surface area contributed by atoms with Crippen molar-refractivity contribution in [1.29, 1.82) is 0 Å². The van der Waals surface area contributed by atoms with Crippen LogP contribution in [0.5, 0.6) is 11.5 Å². The summed E-state index contributed by atoms with van der Waals surface area (Å²) in [6.45, 7) is 5.10. The van der Waals surface area contributed by atoms with Crippen LogP contribution in [0.25, 0.3) is 0 Å². The molecule has 0 spiro atoms. The number of carbonyl (C=O) groups is 1. The lowest BCUT2D eigenvalue weighted by Gasteiger charge is -2.14. The van der Waals surface area contributed by atoms with Crippen molar-refractivity contribution in [3.05, 3.63) is 47.0 Å². The Morgan fingerprint density at radius 1 is 1.00 bits per heavy atom. The van der Waals surface area contributed by atoms with Crippen molar-refractivity contribution < 1.29 is 22.7 Å². The van der Waals surface area contributed by atoms with E-state index in [2.05, 4.69) is 5.32 Å². The highest BCUT2D eigenvalue weighted by molar-refractivity contribution is 7.90. The highest BCUT2D eigenvalue weighted by atomic mass is 35.5. The number of hydrogen-bond acceptors (Lipinski definition) is 5. The zero-order valence-corrected chi connectivity index (χ0v) is 17.7. The van der Waals surface area contributed by atoms with Crippen molar-refractivity contribution in [1.82, 2.24) is 0 Å². The molecule has 8 heteroatoms. The van der Waals surface area contributed by atoms with Gasteiger partial charge in [-0.25, -0.2) is 8.42 Å². The molecule has 0 saturated heterocycles. The lowest BCUT2D eigenvalue weighted by molar-refractivity contribution is 0.102. The van der Waals surface area contributed by atoms with E-state index < -0.39 is 15.7 Å². The number of amides is 1. The average molecular weight is 426 g/mol. The molecular formula is C20H24ClNO5S. The number of halogens is 1. The molecule has 6 nitrogen and oxygen atoms in total. The number of rotatable bonds is 9. The van der Waals surface area contributed by atoms with Crippen LogP contribution in [0.3, 0.4) is 0 Å². The van der Waals surface area contributed by atoms with Gasteiger partial charge in [-0.15, -0.1) is 0 Å². The van der Waals surface area contributed by atoms with Gasteiger partial charge < -0.3 is 14.8 Å². The standard InChI is InChI=1S/C20H24ClNO5S/c1-4-10-26-17-9-7-15(13-18(17)27-11-5-2)22-20(23)14-6-8-16(21)19(12-14)28(3,24)25/h6-9,12-13H,4-5,10-11H2,1-3H3,(H,22,23). The fourth-order valence-electron chi connectivity index (χ4n) is 2.37. The number of hydrogen-bond donors (Lipinski definition) is 1. The van der Waals surface area contributed by atoms with Gasteiger partial charge in [0.25, 0.3) is 5.91 Å². The van der Waals surface area contributed by atoms with Crippen molar-refractivity contribution >= 4 is 33.0 Å². The first kappa shape index (κ1) is 22.0. The number of anilines is 1. The van der Waals surface area contributed by atoms with Gasteiger partial charge in [0.05, 0.1) is 23.1 Å². The van der Waals surface area contributed by atoms with Gasteiger partial charge in [0.1, 0.15) is 0 Å². The minimum atomic E-state index is -3.54. The van der Waals surface area contributed by atoms with Gasteiger partial charge in [0.2, 0.25) is 0 Å². The molecule has 0 aromatic heterocycles. The third-order valence-electron chi connectivity index (χ3n) is 3.72. The molecule has 0 unspecified atom stereocenters. The Bertz CT molecular complexity index is 944. The molecule has 0 atom stereocenters. The normalized spacial score (nSPS) is 11.1. The molecule has 0 bridgehead atoms. The van der Waals surface area contributed by atoms with Crippen molar-refractivity contribution in [2.24, 2.45) is 0 Å². The van der Waals surface area contributed by atoms with E-state index in [0.29, 0.717) is 30.4 Å². The van der Waals surface area contributed by atoms with Gasteiger partial charge in [-0.2, -0.15) is 0 Å². The van der Waals surface area contributed by atoms with E-state index in [1.165, 1.54) is 18.2 Å². The molecule has 28 heavy (non-hydrogen) atoms. The van der Waals surface area contributed by atoms with Gasteiger partial charge in [0, 0.05) is 23.6 Å². The SMILES string of the molecule is CCCOc1ccc(NC(=O)c2ccc(Cl)c(S(C)(=O)=O)c2)cc1OCCC. The molecule has 0 aliphatic rings. The fraction of sp³-hybridized carbons (Fsp3) is 0.350. The van der Waals surface area contributed by atoms with Crippen LogP contribution < -0.4 is 14.8 Å². The Balaban J connectivity index is 2.26. The topological polar surface area (TPSA) is 81.7 Å². The first-order chi connectivity index (χ1) is 13.3. The van der Waals surface area contributed by atoms with E-state index in [0.717, 1.165) is 19.1 Å². The molecular weight excluding hydrogens is 402 g/mol. The van der Waals surface area contributed by atoms with Crippen LogP contribution in [0.15, 0.2) is 41.3 Å². The Morgan fingerprint density at radius 3 is 2.25 bits per heavy atom. The molecule has 1 amide bonds. The smallest absolute Gasteiger partial charge is 0.255 e. The quantitative estimate of drug-likeness (QED) is 0.636. The summed E-state index contributed by atoms with van der Waals surface area (Å²) >= 11 is 5.93. The molecule has 2 rings (SSSR count). The van der Waals surface area contributed by atoms with Crippen molar-refractivity contribution in [2.45, 2.75) is 31.6 Å². The van der Waals surface area contributed by atoms with Crippen LogP contribution in [0.4, 0.5) is 5.69 Å². The average Bonchev–Trinajstić information content (AvgIpc) is 2.64. The summed E-state index contributed by atoms with van der Waals surface area (Å²) in [5.41, 5.74) is 0.697. The second-order valence-electron chi connectivity index (χ2n) is 6.23. The van der Waals surface area contributed by atoms with Gasteiger partial charge >= 0.3 is 0 Å². The summed E-state index contributed by atoms with van der Waals surface area (Å²) in [6.07, 6.45) is 2.75. The molecule has 0 aliphatic heterocycles. The highest BCUT2D eigenvalue weighted by Gasteiger charge is 2.16. The van der Waals surface area contributed by atoms with Crippen LogP contribution in [-0.4, -0.2) is 33.8 Å². The molecule has 2 aromatic carbocycles. The van der Waals surface area contributed by atoms with E-state index in [-0.39, 0.29) is 15.5 Å². The van der Waals surface area contributed by atoms with Gasteiger partial charge in [-0.05, 0) is 43.2 Å². The van der Waals surface area contributed by atoms with Gasteiger partial charge in [0.15, 0.2) is 21.3 Å². The maximum Gasteiger partial charge on any atom is 0.255 e. The summed E-state index contributed by atoms with van der Waals surface area (Å²) in [7, 11) is -3.54. The lowest BCUT2D eigenvalue weighted by atomic mass is 10.2. The first-order valence-electron chi connectivity index (χ1n) is 8.96. The van der Waals surface area contributed by atoms with E-state index in [9.17, 15) is 13.2 Å². The van der Waals surface area contributed by atoms with Crippen LogP contribution in [0, 0.1) is 0 Å². The second-order valence-corrected chi connectivity index (χ2v) is 8.62. The molecule has 0 aliphatic carbocycles. The third-order valence-corrected chi connectivity index (χ3v) is 5.30. The first-order valence-corrected chi connectivity index (χ1v) is 11.2. The van der Waals surface area contributed by atoms with Crippen LogP contribution in [0.2, 0.25) is 5.02 Å². The summed E-state index contributed by atoms with van der Waals surface area (Å²) in [6, 6.07) is 9.26. The Labute approximate surface area is 170 Å². The predicted molar refractivity (Wildman–Crippen MR) is 111 cm³/mol. The van der Waals surface area contributed by atoms with E-state index in [1.807, 2.05) is 13.8 Å². The number of ether oxygens (including phenoxy) is 2. The molecule has 0 heterocycles. The maximum atomic E-state index is 12.6. The summed E-state index contributed by atoms with van der Waals surface area (Å²) < 4.78 is 35.0. The van der Waals surface area contributed by atoms with Crippen LogP contribution in [0.1, 0.15) is 37.0 Å². The number of nitrogens with one attached hydrogen (secondary N) is 1. The van der Waals surface area contributed by atoms with Crippen molar-refractivity contribution in [3.8, 4) is 11.5 Å². The largest absolute Gasteiger partial charge is 0.490 e. The Morgan fingerprint density at radius 2 is 1.64 bits per heavy atom. The fourth-order valence-corrected chi connectivity index (χ4v) is 3.68. The second kappa shape index (κ2) is 9.80. The lowest BCUT2D eigenvalue weighted by Crippen LogP contribution is -2.13. The van der Waals surface area contributed by atoms with Crippen molar-refractivity contribution in [2.75, 3.05) is 24.8 Å². The number of carbonyl (C=O) groups excluding carboxylic acids is 1. The zero-order chi connectivity index (χ0) is 20.7. The number of benzene rings is 2. The Hall–Kier alpha value is -2.25. The van der Waals surface area contributed by atoms with Gasteiger partial charge in [-0.3, -0.25) is 4.79 Å². The minimum Gasteiger partial charge on any atom is -0.490 e. The molecule has 152 valence electrons. The molecule has 0 saturated carbocycles. The molecule has 0 fully saturated rings. The maximum absolute atomic E-state index is 12.6. The van der Waals surface area contributed by atoms with Crippen LogP contribution in [-0.2, 0) is 9.84 Å². The molecule has 2 aromatic rings. The van der Waals surface area contributed by atoms with Gasteiger partial charge in [-0.1, -0.05) is 25.4 Å². The van der Waals surface area contributed by atoms with E-state index >= 15 is 0 Å². The summed E-state index contributed by atoms with van der Waals surface area (Å²) in [5.74, 6) is 0.699. The molecule has 1 N–H and O–H groups in total. The van der Waals surface area contributed by atoms with E-state index in [4.69, 9.17) is 21.1 Å². The zero-order valence-electron chi connectivity index (χ0n) is 16.1. The molecule has 0 radical (unpaired) electrons. The van der Waals surface area contributed by atoms with Crippen molar-refractivity contribution in [3.63, 3.8) is 0 Å². The number of sulfone groups is 1. The van der Waals surface area contributed by atoms with Crippen LogP contribution >= 0.6 is 11.6 Å². The highest BCUT2D eigenvalue weighted by Crippen LogP contribution is 2.31. The monoisotopic (exact) mass is 425 g/mol. The summed E-state index contributed by atoms with van der Waals surface area (Å²) in [5, 5.41) is 2.82. The summed E-state index contributed by atoms with van der Waals surface area (Å²) in [4.78, 5) is 12.5. The minimum absolute atomic E-state index is 0.0757. The Kier molecular flexibility index (Phi) is 7.71. The third kappa shape index (κ3) is 5.87. The van der Waals surface area contributed by atoms with E-state index in [1.54, 1.807) is 18.2 Å².